The molecule has 7 nitrogen and oxygen atoms in total. The Bertz CT molecular complexity index is 1150. The number of benzene rings is 2. The number of furan rings is 1. The topological polar surface area (TPSA) is 97.6 Å². The van der Waals surface area contributed by atoms with Crippen molar-refractivity contribution < 1.29 is 22.4 Å². The third kappa shape index (κ3) is 4.08. The lowest BCUT2D eigenvalue weighted by Crippen LogP contribution is -2.35. The van der Waals surface area contributed by atoms with Crippen LogP contribution in [0.2, 0.25) is 0 Å². The van der Waals surface area contributed by atoms with Gasteiger partial charge in [0.1, 0.15) is 17.2 Å². The molecule has 2 N–H and O–H groups in total. The Morgan fingerprint density at radius 1 is 1.26 bits per heavy atom. The normalized spacial score (nSPS) is 18.1. The van der Waals surface area contributed by atoms with Crippen LogP contribution in [-0.4, -0.2) is 46.2 Å². The van der Waals surface area contributed by atoms with Crippen molar-refractivity contribution in [2.45, 2.75) is 18.8 Å². The summed E-state index contributed by atoms with van der Waals surface area (Å²) in [7, 11) is 3.33. The van der Waals surface area contributed by atoms with Gasteiger partial charge in [-0.25, -0.2) is 8.70 Å². The van der Waals surface area contributed by atoms with E-state index in [1.807, 2.05) is 12.1 Å². The van der Waals surface area contributed by atoms with Gasteiger partial charge in [-0.05, 0) is 54.7 Å². The summed E-state index contributed by atoms with van der Waals surface area (Å²) in [5, 5.41) is 6.45. The molecule has 31 heavy (non-hydrogen) atoms. The first kappa shape index (κ1) is 21.5. The molecule has 0 bridgehead atoms. The SMILES string of the molecule is CNC(=O)c1c(-c2ccc(F)cc2)oc2cc(NC)c(C3CCCN(S(=O)[O-])C3)cc12. The number of hydrogen-bond acceptors (Lipinski definition) is 5. The van der Waals surface area contributed by atoms with Gasteiger partial charge < -0.3 is 19.6 Å². The lowest BCUT2D eigenvalue weighted by molar-refractivity contribution is 0.0964. The molecular weight excluding hydrogens is 421 g/mol. The fourth-order valence-corrected chi connectivity index (χ4v) is 4.78. The van der Waals surface area contributed by atoms with Crippen LogP contribution in [0.3, 0.4) is 0 Å². The molecule has 1 amide bonds. The molecule has 1 fully saturated rings. The fraction of sp³-hybridized carbons (Fsp3) is 0.318. The zero-order valence-corrected chi connectivity index (χ0v) is 18.1. The highest BCUT2D eigenvalue weighted by molar-refractivity contribution is 7.76. The molecule has 2 atom stereocenters. The van der Waals surface area contributed by atoms with E-state index in [9.17, 15) is 17.9 Å². The Labute approximate surface area is 182 Å². The molecule has 0 saturated carbocycles. The summed E-state index contributed by atoms with van der Waals surface area (Å²) in [5.74, 6) is -0.342. The quantitative estimate of drug-likeness (QED) is 0.586. The Morgan fingerprint density at radius 2 is 2.00 bits per heavy atom. The molecular formula is C22H23FN3O4S-. The van der Waals surface area contributed by atoms with Crippen LogP contribution >= 0.6 is 0 Å². The van der Waals surface area contributed by atoms with E-state index in [0.717, 1.165) is 24.1 Å². The van der Waals surface area contributed by atoms with Crippen LogP contribution in [0.5, 0.6) is 0 Å². The van der Waals surface area contributed by atoms with Crippen molar-refractivity contribution in [3.8, 4) is 11.3 Å². The van der Waals surface area contributed by atoms with E-state index >= 15 is 0 Å². The van der Waals surface area contributed by atoms with Crippen LogP contribution in [-0.2, 0) is 11.3 Å². The Kier molecular flexibility index (Phi) is 6.08. The van der Waals surface area contributed by atoms with E-state index in [4.69, 9.17) is 4.42 Å². The van der Waals surface area contributed by atoms with Gasteiger partial charge in [0.2, 0.25) is 0 Å². The standard InChI is InChI=1S/C22H24FN3O4S/c1-24-18-11-19-17(10-16(18)14-4-3-9-26(12-14)31(28)29)20(22(27)25-2)21(30-19)13-5-7-15(23)8-6-13/h5-8,10-11,14,24H,3-4,9,12H2,1-2H3,(H,25,27)(H,28,29)/p-1. The maximum absolute atomic E-state index is 13.4. The number of fused-ring (bicyclic) bond motifs is 1. The third-order valence-corrected chi connectivity index (χ3v) is 6.48. The van der Waals surface area contributed by atoms with Gasteiger partial charge in [-0.15, -0.1) is 0 Å². The van der Waals surface area contributed by atoms with Crippen molar-refractivity contribution in [1.82, 2.24) is 9.62 Å². The molecule has 0 radical (unpaired) electrons. The van der Waals surface area contributed by atoms with Crippen molar-refractivity contribution in [2.75, 3.05) is 32.5 Å². The van der Waals surface area contributed by atoms with Gasteiger partial charge in [0.25, 0.3) is 5.91 Å². The zero-order valence-electron chi connectivity index (χ0n) is 17.2. The van der Waals surface area contributed by atoms with E-state index in [2.05, 4.69) is 10.6 Å². The number of rotatable bonds is 5. The van der Waals surface area contributed by atoms with Crippen LogP contribution in [0.1, 0.15) is 34.7 Å². The molecule has 2 aromatic carbocycles. The number of amides is 1. The largest absolute Gasteiger partial charge is 0.760 e. The summed E-state index contributed by atoms with van der Waals surface area (Å²) >= 11 is -2.27. The van der Waals surface area contributed by atoms with Gasteiger partial charge in [0, 0.05) is 61.2 Å². The highest BCUT2D eigenvalue weighted by atomic mass is 32.2. The van der Waals surface area contributed by atoms with E-state index in [-0.39, 0.29) is 17.6 Å². The predicted octanol–water partition coefficient (Wildman–Crippen LogP) is 3.61. The number of hydrogen-bond donors (Lipinski definition) is 2. The Hall–Kier alpha value is -2.75. The molecule has 1 aromatic heterocycles. The van der Waals surface area contributed by atoms with Crippen molar-refractivity contribution >= 4 is 33.8 Å². The van der Waals surface area contributed by atoms with Gasteiger partial charge in [0.05, 0.1) is 5.56 Å². The predicted molar refractivity (Wildman–Crippen MR) is 117 cm³/mol. The van der Waals surface area contributed by atoms with Gasteiger partial charge in [0.15, 0.2) is 0 Å². The van der Waals surface area contributed by atoms with Crippen molar-refractivity contribution in [3.05, 3.63) is 53.3 Å². The number of nitrogens with one attached hydrogen (secondary N) is 2. The first-order chi connectivity index (χ1) is 14.9. The van der Waals surface area contributed by atoms with E-state index < -0.39 is 11.3 Å². The second kappa shape index (κ2) is 8.78. The van der Waals surface area contributed by atoms with Gasteiger partial charge in [-0.3, -0.25) is 9.00 Å². The lowest BCUT2D eigenvalue weighted by atomic mass is 9.89. The van der Waals surface area contributed by atoms with Crippen LogP contribution in [0, 0.1) is 5.82 Å². The lowest BCUT2D eigenvalue weighted by Gasteiger charge is -2.34. The van der Waals surface area contributed by atoms with Gasteiger partial charge >= 0.3 is 0 Å². The Morgan fingerprint density at radius 3 is 2.65 bits per heavy atom. The average molecular weight is 445 g/mol. The summed E-state index contributed by atoms with van der Waals surface area (Å²) in [5.41, 5.74) is 3.23. The highest BCUT2D eigenvalue weighted by Crippen LogP contribution is 2.40. The molecule has 1 saturated heterocycles. The highest BCUT2D eigenvalue weighted by Gasteiger charge is 2.27. The molecule has 0 aliphatic carbocycles. The first-order valence-corrected chi connectivity index (χ1v) is 11.1. The molecule has 0 spiro atoms. The van der Waals surface area contributed by atoms with Crippen LogP contribution in [0.4, 0.5) is 10.1 Å². The van der Waals surface area contributed by atoms with Gasteiger partial charge in [-0.1, -0.05) is 0 Å². The molecule has 3 aromatic rings. The van der Waals surface area contributed by atoms with Gasteiger partial charge in [-0.2, -0.15) is 0 Å². The van der Waals surface area contributed by atoms with Crippen LogP contribution in [0.15, 0.2) is 40.8 Å². The van der Waals surface area contributed by atoms with E-state index in [1.165, 1.54) is 16.4 Å². The molecule has 9 heteroatoms. The molecule has 1 aliphatic rings. The number of carbonyl (C=O) groups is 1. The maximum atomic E-state index is 13.4. The molecule has 4 rings (SSSR count). The second-order valence-electron chi connectivity index (χ2n) is 7.52. The molecule has 164 valence electrons. The summed E-state index contributed by atoms with van der Waals surface area (Å²) in [6.45, 7) is 0.891. The smallest absolute Gasteiger partial charge is 0.255 e. The first-order valence-electron chi connectivity index (χ1n) is 10.0. The van der Waals surface area contributed by atoms with Crippen LogP contribution in [0.25, 0.3) is 22.3 Å². The number of piperidine rings is 1. The summed E-state index contributed by atoms with van der Waals surface area (Å²) in [6.07, 6.45) is 1.60. The third-order valence-electron chi connectivity index (χ3n) is 5.72. The van der Waals surface area contributed by atoms with E-state index in [1.54, 1.807) is 26.2 Å². The number of anilines is 1. The molecule has 2 unspecified atom stereocenters. The van der Waals surface area contributed by atoms with Crippen molar-refractivity contribution in [2.24, 2.45) is 0 Å². The monoisotopic (exact) mass is 444 g/mol. The Balaban J connectivity index is 1.88. The summed E-state index contributed by atoms with van der Waals surface area (Å²) in [6, 6.07) is 9.52. The van der Waals surface area contributed by atoms with Crippen molar-refractivity contribution in [1.29, 1.82) is 0 Å². The minimum atomic E-state index is -2.27. The average Bonchev–Trinajstić information content (AvgIpc) is 3.16. The number of halogens is 1. The van der Waals surface area contributed by atoms with Crippen molar-refractivity contribution in [3.63, 3.8) is 0 Å². The number of nitrogens with zero attached hydrogens (tertiary/aromatic N) is 1. The van der Waals surface area contributed by atoms with Crippen LogP contribution < -0.4 is 10.6 Å². The van der Waals surface area contributed by atoms with E-state index in [0.29, 0.717) is 40.9 Å². The maximum Gasteiger partial charge on any atom is 0.255 e. The summed E-state index contributed by atoms with van der Waals surface area (Å²) in [4.78, 5) is 12.8. The second-order valence-corrected chi connectivity index (χ2v) is 8.47. The zero-order chi connectivity index (χ0) is 22.1. The molecule has 2 heterocycles. The minimum Gasteiger partial charge on any atom is -0.760 e. The fourth-order valence-electron chi connectivity index (χ4n) is 4.20. The minimum absolute atomic E-state index is 0.0137. The number of carbonyl (C=O) groups excluding carboxylic acids is 1. The molecule has 1 aliphatic heterocycles. The summed E-state index contributed by atoms with van der Waals surface area (Å²) < 4.78 is 43.9.